The molecule has 0 aromatic heterocycles. The number of Topliss-reactive ketones (excluding diaryl/α,β-unsaturated/α-hetero) is 1. The Kier molecular flexibility index (Phi) is 3.34. The summed E-state index contributed by atoms with van der Waals surface area (Å²) in [6.45, 7) is 0.502. The van der Waals surface area contributed by atoms with Gasteiger partial charge >= 0.3 is 0 Å². The Morgan fingerprint density at radius 1 is 1.38 bits per heavy atom. The van der Waals surface area contributed by atoms with Crippen LogP contribution in [0.4, 0.5) is 4.39 Å². The molecule has 0 unspecified atom stereocenters. The van der Waals surface area contributed by atoms with E-state index >= 15 is 0 Å². The maximum atomic E-state index is 12.7. The highest BCUT2D eigenvalue weighted by Gasteiger charge is 2.26. The van der Waals surface area contributed by atoms with Crippen LogP contribution in [-0.2, 0) is 11.2 Å². The first-order valence-electron chi connectivity index (χ1n) is 5.61. The molecule has 0 radical (unpaired) electrons. The fourth-order valence-corrected chi connectivity index (χ4v) is 1.81. The van der Waals surface area contributed by atoms with E-state index in [0.717, 1.165) is 5.56 Å². The normalized spacial score (nSPS) is 15.4. The van der Waals surface area contributed by atoms with Gasteiger partial charge in [-0.25, -0.2) is 4.39 Å². The Morgan fingerprint density at radius 3 is 2.56 bits per heavy atom. The monoisotopic (exact) mass is 221 g/mol. The third-order valence-corrected chi connectivity index (χ3v) is 2.91. The van der Waals surface area contributed by atoms with Crippen molar-refractivity contribution in [2.75, 3.05) is 13.6 Å². The minimum Gasteiger partial charge on any atom is -0.298 e. The lowest BCUT2D eigenvalue weighted by Crippen LogP contribution is -2.28. The van der Waals surface area contributed by atoms with Crippen molar-refractivity contribution < 1.29 is 9.18 Å². The Labute approximate surface area is 95.1 Å². The smallest absolute Gasteiger partial charge is 0.151 e. The summed E-state index contributed by atoms with van der Waals surface area (Å²) in [7, 11) is 1.99. The summed E-state index contributed by atoms with van der Waals surface area (Å²) < 4.78 is 12.7. The maximum absolute atomic E-state index is 12.7. The van der Waals surface area contributed by atoms with Crippen molar-refractivity contribution in [3.63, 3.8) is 0 Å². The Balaban J connectivity index is 1.84. The van der Waals surface area contributed by atoms with Crippen molar-refractivity contribution in [1.29, 1.82) is 0 Å². The lowest BCUT2D eigenvalue weighted by Gasteiger charge is -2.14. The van der Waals surface area contributed by atoms with Gasteiger partial charge in [-0.3, -0.25) is 9.69 Å². The van der Waals surface area contributed by atoms with E-state index in [9.17, 15) is 9.18 Å². The summed E-state index contributed by atoms with van der Waals surface area (Å²) in [4.78, 5) is 13.8. The zero-order valence-electron chi connectivity index (χ0n) is 9.45. The Morgan fingerprint density at radius 2 is 2.00 bits per heavy atom. The first-order valence-corrected chi connectivity index (χ1v) is 5.61. The van der Waals surface area contributed by atoms with E-state index in [-0.39, 0.29) is 11.6 Å². The number of likely N-dealkylation sites (N-methyl/N-ethyl adjacent to an activating group) is 1. The van der Waals surface area contributed by atoms with Gasteiger partial charge in [-0.05, 0) is 37.6 Å². The molecule has 2 nitrogen and oxygen atoms in total. The number of nitrogens with zero attached hydrogens (tertiary/aromatic N) is 1. The summed E-state index contributed by atoms with van der Waals surface area (Å²) in [5, 5.41) is 0. The van der Waals surface area contributed by atoms with Crippen LogP contribution in [0.5, 0.6) is 0 Å². The van der Waals surface area contributed by atoms with Crippen LogP contribution in [0.1, 0.15) is 18.4 Å². The molecule has 0 atom stereocenters. The highest BCUT2D eigenvalue weighted by molar-refractivity contribution is 5.82. The summed E-state index contributed by atoms with van der Waals surface area (Å²) in [5.41, 5.74) is 0.885. The zero-order chi connectivity index (χ0) is 11.5. The van der Waals surface area contributed by atoms with Crippen LogP contribution in [0.3, 0.4) is 0 Å². The summed E-state index contributed by atoms with van der Waals surface area (Å²) >= 11 is 0. The molecule has 1 aliphatic rings. The first kappa shape index (κ1) is 11.3. The van der Waals surface area contributed by atoms with Crippen molar-refractivity contribution in [1.82, 2.24) is 4.90 Å². The van der Waals surface area contributed by atoms with E-state index < -0.39 is 0 Å². The lowest BCUT2D eigenvalue weighted by atomic mass is 10.1. The molecule has 3 heteroatoms. The van der Waals surface area contributed by atoms with Crippen LogP contribution < -0.4 is 0 Å². The molecule has 0 N–H and O–H groups in total. The fourth-order valence-electron chi connectivity index (χ4n) is 1.81. The average Bonchev–Trinajstić information content (AvgIpc) is 3.04. The number of carbonyl (C=O) groups is 1. The third kappa shape index (κ3) is 3.14. The predicted molar refractivity (Wildman–Crippen MR) is 60.8 cm³/mol. The maximum Gasteiger partial charge on any atom is 0.151 e. The van der Waals surface area contributed by atoms with Gasteiger partial charge in [0.2, 0.25) is 0 Å². The quantitative estimate of drug-likeness (QED) is 0.758. The molecule has 0 spiro atoms. The summed E-state index contributed by atoms with van der Waals surface area (Å²) in [6, 6.07) is 6.74. The second-order valence-electron chi connectivity index (χ2n) is 4.49. The molecule has 2 rings (SSSR count). The molecule has 0 bridgehead atoms. The molecule has 1 aliphatic carbocycles. The molecule has 86 valence electrons. The molecular weight excluding hydrogens is 205 g/mol. The number of carbonyl (C=O) groups excluding carboxylic acids is 1. The average molecular weight is 221 g/mol. The highest BCUT2D eigenvalue weighted by Crippen LogP contribution is 2.24. The van der Waals surface area contributed by atoms with Gasteiger partial charge in [0.25, 0.3) is 0 Å². The van der Waals surface area contributed by atoms with Gasteiger partial charge in [-0.2, -0.15) is 0 Å². The van der Waals surface area contributed by atoms with E-state index in [0.29, 0.717) is 19.0 Å². The fraction of sp³-hybridized carbons (Fsp3) is 0.462. The van der Waals surface area contributed by atoms with Crippen molar-refractivity contribution >= 4 is 5.78 Å². The van der Waals surface area contributed by atoms with Gasteiger partial charge in [0.1, 0.15) is 5.82 Å². The second kappa shape index (κ2) is 4.74. The number of halogens is 1. The van der Waals surface area contributed by atoms with E-state index in [2.05, 4.69) is 4.90 Å². The molecule has 0 amide bonds. The number of hydrogen-bond donors (Lipinski definition) is 0. The lowest BCUT2D eigenvalue weighted by molar-refractivity contribution is -0.119. The van der Waals surface area contributed by atoms with Gasteiger partial charge < -0.3 is 0 Å². The van der Waals surface area contributed by atoms with Gasteiger partial charge in [-0.1, -0.05) is 12.1 Å². The second-order valence-corrected chi connectivity index (χ2v) is 4.49. The molecule has 0 aliphatic heterocycles. The number of ketones is 1. The summed E-state index contributed by atoms with van der Waals surface area (Å²) in [5.74, 6) is -0.0627. The molecule has 0 saturated heterocycles. The van der Waals surface area contributed by atoms with Crippen LogP contribution in [0, 0.1) is 5.82 Å². The van der Waals surface area contributed by atoms with E-state index in [1.165, 1.54) is 25.0 Å². The topological polar surface area (TPSA) is 20.3 Å². The largest absolute Gasteiger partial charge is 0.298 e. The molecule has 1 fully saturated rings. The number of hydrogen-bond acceptors (Lipinski definition) is 2. The molecule has 1 aromatic rings. The van der Waals surface area contributed by atoms with Crippen LogP contribution >= 0.6 is 0 Å². The molecule has 0 heterocycles. The molecule has 1 saturated carbocycles. The molecule has 1 aromatic carbocycles. The van der Waals surface area contributed by atoms with E-state index in [4.69, 9.17) is 0 Å². The third-order valence-electron chi connectivity index (χ3n) is 2.91. The first-order chi connectivity index (χ1) is 7.65. The van der Waals surface area contributed by atoms with Crippen LogP contribution in [0.15, 0.2) is 24.3 Å². The number of rotatable bonds is 5. The van der Waals surface area contributed by atoms with Crippen LogP contribution in [-0.4, -0.2) is 30.3 Å². The van der Waals surface area contributed by atoms with Crippen molar-refractivity contribution in [2.45, 2.75) is 25.3 Å². The summed E-state index contributed by atoms with van der Waals surface area (Å²) in [6.07, 6.45) is 2.82. The zero-order valence-corrected chi connectivity index (χ0v) is 9.45. The van der Waals surface area contributed by atoms with Crippen molar-refractivity contribution in [2.24, 2.45) is 0 Å². The number of benzene rings is 1. The van der Waals surface area contributed by atoms with Gasteiger partial charge in [-0.15, -0.1) is 0 Å². The van der Waals surface area contributed by atoms with Crippen LogP contribution in [0.2, 0.25) is 0 Å². The minimum absolute atomic E-state index is 0.195. The van der Waals surface area contributed by atoms with E-state index in [1.54, 1.807) is 12.1 Å². The van der Waals surface area contributed by atoms with Crippen molar-refractivity contribution in [3.05, 3.63) is 35.6 Å². The Hall–Kier alpha value is -1.22. The standard InChI is InChI=1S/C13H16FNO/c1-15(12-6-7-12)9-13(16)8-10-2-4-11(14)5-3-10/h2-5,12H,6-9H2,1H3. The predicted octanol–water partition coefficient (Wildman–Crippen LogP) is 2.03. The van der Waals surface area contributed by atoms with Gasteiger partial charge in [0, 0.05) is 12.5 Å². The van der Waals surface area contributed by atoms with Gasteiger partial charge in [0.15, 0.2) is 5.78 Å². The van der Waals surface area contributed by atoms with Crippen LogP contribution in [0.25, 0.3) is 0 Å². The van der Waals surface area contributed by atoms with E-state index in [1.807, 2.05) is 7.05 Å². The SMILES string of the molecule is CN(CC(=O)Cc1ccc(F)cc1)C1CC1. The van der Waals surface area contributed by atoms with Crippen molar-refractivity contribution in [3.8, 4) is 0 Å². The Bertz CT molecular complexity index is 370. The molecule has 16 heavy (non-hydrogen) atoms. The van der Waals surface area contributed by atoms with Gasteiger partial charge in [0.05, 0.1) is 6.54 Å². The highest BCUT2D eigenvalue weighted by atomic mass is 19.1. The minimum atomic E-state index is -0.258. The molecular formula is C13H16FNO.